The van der Waals surface area contributed by atoms with Gasteiger partial charge in [-0.3, -0.25) is 24.0 Å². The van der Waals surface area contributed by atoms with Crippen molar-refractivity contribution in [2.75, 3.05) is 6.61 Å². The molecule has 0 aliphatic heterocycles. The van der Waals surface area contributed by atoms with E-state index in [-0.39, 0.29) is 12.2 Å². The molecular formula is C37H53FO8. The molecule has 0 aromatic carbocycles. The molecule has 4 aliphatic carbocycles. The van der Waals surface area contributed by atoms with Gasteiger partial charge in [0.25, 0.3) is 0 Å². The Morgan fingerprint density at radius 2 is 1.46 bits per heavy atom. The highest BCUT2D eigenvalue weighted by molar-refractivity contribution is 6.01. The maximum atomic E-state index is 18.6. The van der Waals surface area contributed by atoms with Crippen molar-refractivity contribution in [3.05, 3.63) is 23.8 Å². The second-order valence-electron chi connectivity index (χ2n) is 17.7. The lowest BCUT2D eigenvalue weighted by atomic mass is 9.44. The van der Waals surface area contributed by atoms with Gasteiger partial charge >= 0.3 is 17.9 Å². The second-order valence-corrected chi connectivity index (χ2v) is 17.7. The highest BCUT2D eigenvalue weighted by Crippen LogP contribution is 2.72. The smallest absolute Gasteiger partial charge is 0.312 e. The third-order valence-corrected chi connectivity index (χ3v) is 11.2. The average Bonchev–Trinajstić information content (AvgIpc) is 3.13. The van der Waals surface area contributed by atoms with Gasteiger partial charge in [-0.2, -0.15) is 0 Å². The standard InChI is InChI=1S/C37H53FO8/c1-21-17-25-24-14-13-22-18-23(39)15-16-34(22,11)36(24,38)27(45-29(42)32(5,6)7)19-35(25,12)37(21,46-30(43)33(8,9)10)26(40)20-44-28(41)31(2,3)4/h15-16,18,21,24-25,27H,13-14,17,19-20H2,1-12H3/t21-,24+,25+,27+,34+,35+,36+,37+/m1/s1. The monoisotopic (exact) mass is 644 g/mol. The quantitative estimate of drug-likeness (QED) is 0.240. The van der Waals surface area contributed by atoms with E-state index in [1.807, 2.05) is 13.8 Å². The number of alkyl halides is 1. The van der Waals surface area contributed by atoms with Crippen LogP contribution >= 0.6 is 0 Å². The Morgan fingerprint density at radius 3 is 2.00 bits per heavy atom. The zero-order chi connectivity index (χ0) is 35.1. The van der Waals surface area contributed by atoms with Gasteiger partial charge in [0.05, 0.1) is 16.2 Å². The largest absolute Gasteiger partial charge is 0.458 e. The molecule has 0 spiro atoms. The molecule has 8 atom stereocenters. The summed E-state index contributed by atoms with van der Waals surface area (Å²) in [4.78, 5) is 67.0. The number of carbonyl (C=O) groups is 5. The predicted octanol–water partition coefficient (Wildman–Crippen LogP) is 6.69. The summed E-state index contributed by atoms with van der Waals surface area (Å²) in [7, 11) is 0. The Bertz CT molecular complexity index is 1390. The predicted molar refractivity (Wildman–Crippen MR) is 170 cm³/mol. The maximum absolute atomic E-state index is 18.6. The van der Waals surface area contributed by atoms with Crippen LogP contribution in [0.2, 0.25) is 0 Å². The number of ketones is 2. The van der Waals surface area contributed by atoms with Crippen molar-refractivity contribution >= 4 is 29.5 Å². The summed E-state index contributed by atoms with van der Waals surface area (Å²) in [6, 6.07) is 0. The Kier molecular flexibility index (Phi) is 8.70. The summed E-state index contributed by atoms with van der Waals surface area (Å²) in [5.41, 5.74) is -8.48. The van der Waals surface area contributed by atoms with Crippen molar-refractivity contribution in [3.63, 3.8) is 0 Å². The van der Waals surface area contributed by atoms with Crippen LogP contribution in [0.1, 0.15) is 109 Å². The normalized spacial score (nSPS) is 37.3. The molecule has 4 rings (SSSR count). The van der Waals surface area contributed by atoms with Crippen LogP contribution in [0.4, 0.5) is 4.39 Å². The van der Waals surface area contributed by atoms with Crippen LogP contribution in [0, 0.1) is 44.8 Å². The fourth-order valence-corrected chi connectivity index (χ4v) is 8.55. The van der Waals surface area contributed by atoms with Crippen LogP contribution in [0.5, 0.6) is 0 Å². The van der Waals surface area contributed by atoms with Crippen molar-refractivity contribution < 1.29 is 42.6 Å². The summed E-state index contributed by atoms with van der Waals surface area (Å²) >= 11 is 0. The van der Waals surface area contributed by atoms with E-state index in [2.05, 4.69) is 0 Å². The highest BCUT2D eigenvalue weighted by Gasteiger charge is 2.78. The van der Waals surface area contributed by atoms with Crippen LogP contribution in [0.15, 0.2) is 23.8 Å². The number of rotatable bonds is 5. The number of allylic oxidation sites excluding steroid dienone is 4. The Labute approximate surface area is 273 Å². The first-order valence-electron chi connectivity index (χ1n) is 16.5. The van der Waals surface area contributed by atoms with Gasteiger partial charge in [-0.15, -0.1) is 0 Å². The number of Topliss-reactive ketones (excluding diaryl/α,β-unsaturated/α-hetero) is 1. The van der Waals surface area contributed by atoms with Crippen LogP contribution in [-0.2, 0) is 38.2 Å². The minimum Gasteiger partial charge on any atom is -0.458 e. The van der Waals surface area contributed by atoms with Crippen LogP contribution in [0.25, 0.3) is 0 Å². The zero-order valence-corrected chi connectivity index (χ0v) is 29.7. The van der Waals surface area contributed by atoms with E-state index >= 15 is 4.39 Å². The van der Waals surface area contributed by atoms with Gasteiger partial charge in [0.1, 0.15) is 6.10 Å². The fourth-order valence-electron chi connectivity index (χ4n) is 8.55. The van der Waals surface area contributed by atoms with Crippen LogP contribution in [-0.4, -0.2) is 53.5 Å². The molecule has 0 heterocycles. The minimum atomic E-state index is -2.12. The van der Waals surface area contributed by atoms with Crippen molar-refractivity contribution in [2.24, 2.45) is 44.8 Å². The zero-order valence-electron chi connectivity index (χ0n) is 29.7. The molecule has 3 fully saturated rings. The second kappa shape index (κ2) is 11.1. The van der Waals surface area contributed by atoms with Gasteiger partial charge in [0.2, 0.25) is 5.78 Å². The van der Waals surface area contributed by atoms with Gasteiger partial charge in [-0.25, -0.2) is 4.39 Å². The molecule has 46 heavy (non-hydrogen) atoms. The maximum Gasteiger partial charge on any atom is 0.312 e. The van der Waals surface area contributed by atoms with Gasteiger partial charge in [-0.05, 0) is 113 Å². The van der Waals surface area contributed by atoms with E-state index in [0.717, 1.165) is 0 Å². The molecule has 0 amide bonds. The molecule has 0 N–H and O–H groups in total. The van der Waals surface area contributed by atoms with Crippen LogP contribution in [0.3, 0.4) is 0 Å². The molecule has 3 saturated carbocycles. The summed E-state index contributed by atoms with van der Waals surface area (Å²) < 4.78 is 36.6. The number of halogens is 1. The lowest BCUT2D eigenvalue weighted by molar-refractivity contribution is -0.240. The summed E-state index contributed by atoms with van der Waals surface area (Å²) in [5.74, 6) is -4.29. The third-order valence-electron chi connectivity index (χ3n) is 11.2. The van der Waals surface area contributed by atoms with E-state index < -0.39 is 92.5 Å². The van der Waals surface area contributed by atoms with Gasteiger partial charge < -0.3 is 14.2 Å². The van der Waals surface area contributed by atoms with Crippen LogP contribution < -0.4 is 0 Å². The number of fused-ring (bicyclic) bond motifs is 5. The van der Waals surface area contributed by atoms with Gasteiger partial charge in [-0.1, -0.05) is 25.5 Å². The first kappa shape index (κ1) is 36.0. The van der Waals surface area contributed by atoms with Crippen molar-refractivity contribution in [1.82, 2.24) is 0 Å². The molecule has 0 bridgehead atoms. The van der Waals surface area contributed by atoms with Crippen molar-refractivity contribution in [1.29, 1.82) is 0 Å². The molecule has 4 aliphatic rings. The molecule has 0 saturated heterocycles. The number of hydrogen-bond donors (Lipinski definition) is 0. The average molecular weight is 645 g/mol. The Morgan fingerprint density at radius 1 is 0.891 bits per heavy atom. The summed E-state index contributed by atoms with van der Waals surface area (Å²) in [6.45, 7) is 20.0. The molecule has 8 nitrogen and oxygen atoms in total. The van der Waals surface area contributed by atoms with Crippen molar-refractivity contribution in [3.8, 4) is 0 Å². The summed E-state index contributed by atoms with van der Waals surface area (Å²) in [6.07, 6.45) is 4.21. The molecule has 0 aromatic heterocycles. The molecule has 256 valence electrons. The van der Waals surface area contributed by atoms with E-state index in [0.29, 0.717) is 24.8 Å². The highest BCUT2D eigenvalue weighted by atomic mass is 19.1. The molecule has 0 unspecified atom stereocenters. The number of ether oxygens (including phenoxy) is 3. The van der Waals surface area contributed by atoms with E-state index in [1.165, 1.54) is 12.2 Å². The molecule has 0 radical (unpaired) electrons. The fraction of sp³-hybridized carbons (Fsp3) is 0.757. The van der Waals surface area contributed by atoms with Gasteiger partial charge in [0, 0.05) is 22.7 Å². The number of carbonyl (C=O) groups excluding carboxylic acids is 5. The lowest BCUT2D eigenvalue weighted by Gasteiger charge is -2.63. The Hall–Kier alpha value is -2.84. The van der Waals surface area contributed by atoms with Gasteiger partial charge in [0.15, 0.2) is 23.7 Å². The SMILES string of the molecule is C[C@@H]1C[C@H]2[C@@H]3CCC4=CC(=O)C=C[C@]4(C)[C@@]3(F)[C@@H](OC(=O)C(C)(C)C)C[C@]2(C)[C@@]1(OC(=O)C(C)(C)C)C(=O)COC(=O)C(C)(C)C. The number of esters is 3. The summed E-state index contributed by atoms with van der Waals surface area (Å²) in [5, 5.41) is 0. The molecule has 0 aromatic rings. The molecular weight excluding hydrogens is 591 g/mol. The van der Waals surface area contributed by atoms with E-state index in [9.17, 15) is 24.0 Å². The molecule has 9 heteroatoms. The topological polar surface area (TPSA) is 113 Å². The first-order chi connectivity index (χ1) is 20.8. The number of hydrogen-bond acceptors (Lipinski definition) is 8. The Balaban J connectivity index is 1.92. The van der Waals surface area contributed by atoms with E-state index in [1.54, 1.807) is 75.3 Å². The minimum absolute atomic E-state index is 0.113. The van der Waals surface area contributed by atoms with Crippen molar-refractivity contribution in [2.45, 2.75) is 126 Å². The lowest BCUT2D eigenvalue weighted by Crippen LogP contribution is -2.71. The first-order valence-corrected chi connectivity index (χ1v) is 16.5. The third kappa shape index (κ3) is 5.37. The van der Waals surface area contributed by atoms with E-state index in [4.69, 9.17) is 14.2 Å².